The van der Waals surface area contributed by atoms with Gasteiger partial charge in [0.25, 0.3) is 5.91 Å². The van der Waals surface area contributed by atoms with Gasteiger partial charge in [0, 0.05) is 12.5 Å². The van der Waals surface area contributed by atoms with E-state index in [-0.39, 0.29) is 18.3 Å². The fourth-order valence-corrected chi connectivity index (χ4v) is 3.29. The Morgan fingerprint density at radius 1 is 1.19 bits per heavy atom. The molecule has 1 saturated carbocycles. The van der Waals surface area contributed by atoms with Crippen molar-refractivity contribution in [3.05, 3.63) is 41.5 Å². The van der Waals surface area contributed by atoms with E-state index in [0.29, 0.717) is 23.0 Å². The predicted molar refractivity (Wildman–Crippen MR) is 93.9 cm³/mol. The molecule has 7 nitrogen and oxygen atoms in total. The molecule has 0 spiro atoms. The summed E-state index contributed by atoms with van der Waals surface area (Å²) < 4.78 is 10.7. The third-order valence-corrected chi connectivity index (χ3v) is 4.67. The van der Waals surface area contributed by atoms with Crippen molar-refractivity contribution in [1.82, 2.24) is 15.5 Å². The van der Waals surface area contributed by atoms with Gasteiger partial charge in [-0.05, 0) is 44.0 Å². The smallest absolute Gasteiger partial charge is 0.258 e. The molecular weight excluding hydrogens is 334 g/mol. The summed E-state index contributed by atoms with van der Waals surface area (Å²) in [7, 11) is 0. The quantitative estimate of drug-likeness (QED) is 0.799. The van der Waals surface area contributed by atoms with Crippen molar-refractivity contribution in [1.29, 1.82) is 0 Å². The lowest BCUT2D eigenvalue weighted by molar-refractivity contribution is -0.125. The van der Waals surface area contributed by atoms with Gasteiger partial charge >= 0.3 is 0 Å². The summed E-state index contributed by atoms with van der Waals surface area (Å²) in [6, 6.07) is 6.73. The summed E-state index contributed by atoms with van der Waals surface area (Å²) in [4.78, 5) is 28.1. The van der Waals surface area contributed by atoms with Gasteiger partial charge in [-0.1, -0.05) is 24.4 Å². The molecule has 1 aliphatic rings. The zero-order chi connectivity index (χ0) is 18.6. The Hall–Kier alpha value is -2.70. The first-order chi connectivity index (χ1) is 12.5. The van der Waals surface area contributed by atoms with Gasteiger partial charge in [-0.3, -0.25) is 9.59 Å². The molecule has 1 aromatic carbocycles. The number of Topliss-reactive ketones (excluding diaryl/α,β-unsaturated/α-hetero) is 1. The standard InChI is InChI=1S/C19H23N3O4/c1-13(23)15-6-8-16(9-7-15)25-12-17(24)21-19(10-4-3-5-11-19)18-20-14(2)26-22-18/h6-9H,3-5,10-12H2,1-2H3,(H,21,24). The van der Waals surface area contributed by atoms with Gasteiger partial charge in [0.2, 0.25) is 5.89 Å². The van der Waals surface area contributed by atoms with Crippen LogP contribution in [0.2, 0.25) is 0 Å². The Morgan fingerprint density at radius 2 is 1.88 bits per heavy atom. The number of rotatable bonds is 6. The lowest BCUT2D eigenvalue weighted by atomic mass is 9.81. The maximum atomic E-state index is 12.5. The number of amides is 1. The van der Waals surface area contributed by atoms with E-state index in [1.165, 1.54) is 6.92 Å². The lowest BCUT2D eigenvalue weighted by Crippen LogP contribution is -2.49. The van der Waals surface area contributed by atoms with Gasteiger partial charge in [-0.15, -0.1) is 0 Å². The number of ether oxygens (including phenoxy) is 1. The van der Waals surface area contributed by atoms with Crippen LogP contribution in [0.4, 0.5) is 0 Å². The first-order valence-electron chi connectivity index (χ1n) is 8.84. The van der Waals surface area contributed by atoms with Crippen molar-refractivity contribution >= 4 is 11.7 Å². The number of hydrogen-bond acceptors (Lipinski definition) is 6. The number of carbonyl (C=O) groups is 2. The monoisotopic (exact) mass is 357 g/mol. The minimum Gasteiger partial charge on any atom is -0.484 e. The summed E-state index contributed by atoms with van der Waals surface area (Å²) in [5.74, 6) is 1.32. The van der Waals surface area contributed by atoms with Crippen molar-refractivity contribution < 1.29 is 18.8 Å². The summed E-state index contributed by atoms with van der Waals surface area (Å²) in [5.41, 5.74) is 0.0185. The molecule has 0 saturated heterocycles. The number of benzene rings is 1. The molecule has 1 heterocycles. The normalized spacial score (nSPS) is 16.1. The van der Waals surface area contributed by atoms with Crippen molar-refractivity contribution in [2.45, 2.75) is 51.5 Å². The molecule has 1 amide bonds. The molecule has 1 aliphatic carbocycles. The Kier molecular flexibility index (Phi) is 5.35. The van der Waals surface area contributed by atoms with E-state index in [1.54, 1.807) is 31.2 Å². The highest BCUT2D eigenvalue weighted by molar-refractivity contribution is 5.94. The van der Waals surface area contributed by atoms with Gasteiger partial charge in [0.05, 0.1) is 0 Å². The molecule has 1 fully saturated rings. The first kappa shape index (κ1) is 18.1. The number of carbonyl (C=O) groups excluding carboxylic acids is 2. The van der Waals surface area contributed by atoms with E-state index in [4.69, 9.17) is 9.26 Å². The third-order valence-electron chi connectivity index (χ3n) is 4.67. The molecule has 2 aromatic rings. The van der Waals surface area contributed by atoms with E-state index >= 15 is 0 Å². The van der Waals surface area contributed by atoms with Crippen LogP contribution in [0.5, 0.6) is 5.75 Å². The summed E-state index contributed by atoms with van der Waals surface area (Å²) in [6.07, 6.45) is 4.70. The van der Waals surface area contributed by atoms with E-state index in [1.807, 2.05) is 0 Å². The average molecular weight is 357 g/mol. The summed E-state index contributed by atoms with van der Waals surface area (Å²) >= 11 is 0. The minimum absolute atomic E-state index is 0.0102. The molecule has 7 heteroatoms. The molecule has 1 N–H and O–H groups in total. The van der Waals surface area contributed by atoms with Gasteiger partial charge < -0.3 is 14.6 Å². The van der Waals surface area contributed by atoms with Crippen molar-refractivity contribution in [2.75, 3.05) is 6.61 Å². The van der Waals surface area contributed by atoms with Crippen LogP contribution in [0.3, 0.4) is 0 Å². The summed E-state index contributed by atoms with van der Waals surface area (Å²) in [5, 5.41) is 7.09. The second kappa shape index (κ2) is 7.68. The van der Waals surface area contributed by atoms with Gasteiger partial charge in [0.15, 0.2) is 18.2 Å². The Bertz CT molecular complexity index is 776. The second-order valence-corrected chi connectivity index (χ2v) is 6.70. The van der Waals surface area contributed by atoms with Crippen LogP contribution in [0.15, 0.2) is 28.8 Å². The number of hydrogen-bond donors (Lipinski definition) is 1. The number of aromatic nitrogens is 2. The van der Waals surface area contributed by atoms with Crippen LogP contribution in [0.1, 0.15) is 61.1 Å². The minimum atomic E-state index is -0.588. The Morgan fingerprint density at radius 3 is 2.46 bits per heavy atom. The molecule has 0 bridgehead atoms. The van der Waals surface area contributed by atoms with Crippen LogP contribution in [0, 0.1) is 6.92 Å². The second-order valence-electron chi connectivity index (χ2n) is 6.70. The van der Waals surface area contributed by atoms with Crippen molar-refractivity contribution in [2.24, 2.45) is 0 Å². The molecular formula is C19H23N3O4. The van der Waals surface area contributed by atoms with Crippen LogP contribution in [-0.2, 0) is 10.3 Å². The van der Waals surface area contributed by atoms with E-state index < -0.39 is 5.54 Å². The molecule has 0 atom stereocenters. The number of ketones is 1. The van der Waals surface area contributed by atoms with Crippen LogP contribution in [0.25, 0.3) is 0 Å². The number of nitrogens with one attached hydrogen (secondary N) is 1. The molecule has 0 unspecified atom stereocenters. The van der Waals surface area contributed by atoms with Crippen molar-refractivity contribution in [3.8, 4) is 5.75 Å². The van der Waals surface area contributed by atoms with Gasteiger partial charge in [0.1, 0.15) is 11.3 Å². The fraction of sp³-hybridized carbons (Fsp3) is 0.474. The third kappa shape index (κ3) is 4.09. The van der Waals surface area contributed by atoms with E-state index in [9.17, 15) is 9.59 Å². The molecule has 1 aromatic heterocycles. The van der Waals surface area contributed by atoms with E-state index in [0.717, 1.165) is 32.1 Å². The number of nitrogens with zero attached hydrogens (tertiary/aromatic N) is 2. The highest BCUT2D eigenvalue weighted by Gasteiger charge is 2.39. The Balaban J connectivity index is 1.64. The fourth-order valence-electron chi connectivity index (χ4n) is 3.29. The topological polar surface area (TPSA) is 94.3 Å². The predicted octanol–water partition coefficient (Wildman–Crippen LogP) is 2.94. The molecule has 0 aliphatic heterocycles. The summed E-state index contributed by atoms with van der Waals surface area (Å²) in [6.45, 7) is 3.13. The lowest BCUT2D eigenvalue weighted by Gasteiger charge is -2.35. The average Bonchev–Trinajstić information content (AvgIpc) is 3.08. The van der Waals surface area contributed by atoms with Crippen LogP contribution < -0.4 is 10.1 Å². The largest absolute Gasteiger partial charge is 0.484 e. The van der Waals surface area contributed by atoms with Gasteiger partial charge in [-0.2, -0.15) is 4.98 Å². The van der Waals surface area contributed by atoms with Gasteiger partial charge in [-0.25, -0.2) is 0 Å². The molecule has 138 valence electrons. The van der Waals surface area contributed by atoms with Crippen molar-refractivity contribution in [3.63, 3.8) is 0 Å². The maximum Gasteiger partial charge on any atom is 0.258 e. The first-order valence-corrected chi connectivity index (χ1v) is 8.84. The number of aryl methyl sites for hydroxylation is 1. The van der Waals surface area contributed by atoms with Crippen LogP contribution in [-0.4, -0.2) is 28.4 Å². The SMILES string of the molecule is CC(=O)c1ccc(OCC(=O)NC2(c3noc(C)n3)CCCCC2)cc1. The Labute approximate surface area is 152 Å². The highest BCUT2D eigenvalue weighted by atomic mass is 16.5. The maximum absolute atomic E-state index is 12.5. The van der Waals surface area contributed by atoms with E-state index in [2.05, 4.69) is 15.5 Å². The molecule has 0 radical (unpaired) electrons. The molecule has 3 rings (SSSR count). The highest BCUT2D eigenvalue weighted by Crippen LogP contribution is 2.35. The zero-order valence-electron chi connectivity index (χ0n) is 15.1. The zero-order valence-corrected chi connectivity index (χ0v) is 15.1. The van der Waals surface area contributed by atoms with Crippen LogP contribution >= 0.6 is 0 Å². The molecule has 26 heavy (non-hydrogen) atoms.